The number of ether oxygens (including phenoxy) is 1. The molecule has 3 rings (SSSR count). The minimum Gasteiger partial charge on any atom is -0.484 e. The van der Waals surface area contributed by atoms with Gasteiger partial charge in [0.15, 0.2) is 11.8 Å². The molecule has 0 radical (unpaired) electrons. The summed E-state index contributed by atoms with van der Waals surface area (Å²) >= 11 is 12.8. The highest BCUT2D eigenvalue weighted by Crippen LogP contribution is 2.21. The number of benzene rings is 1. The van der Waals surface area contributed by atoms with E-state index in [1.54, 1.807) is 42.6 Å². The third-order valence-corrected chi connectivity index (χ3v) is 4.36. The number of aromatic nitrogens is 3. The number of carbonyl (C=O) groups excluding carboxylic acids is 1. The highest BCUT2D eigenvalue weighted by atomic mass is 35.5. The molecule has 0 atom stereocenters. The molecule has 0 bridgehead atoms. The van der Waals surface area contributed by atoms with Crippen LogP contribution in [0.1, 0.15) is 5.89 Å². The van der Waals surface area contributed by atoms with Crippen LogP contribution in [0.3, 0.4) is 0 Å². The molecule has 0 aliphatic rings. The third kappa shape index (κ3) is 5.35. The zero-order valence-electron chi connectivity index (χ0n) is 13.2. The van der Waals surface area contributed by atoms with Crippen molar-refractivity contribution in [3.05, 3.63) is 58.7 Å². The number of pyridine rings is 1. The SMILES string of the molecule is O=C(CSc1nnc(COc2ccc(Cl)cc2)o1)Nc1cccnc1Cl. The zero-order valence-corrected chi connectivity index (χ0v) is 15.5. The number of hydrogen-bond acceptors (Lipinski definition) is 7. The Bertz CT molecular complexity index is 889. The molecule has 1 N–H and O–H groups in total. The second-order valence-electron chi connectivity index (χ2n) is 4.88. The van der Waals surface area contributed by atoms with Gasteiger partial charge in [-0.05, 0) is 36.4 Å². The second kappa shape index (κ2) is 8.88. The topological polar surface area (TPSA) is 90.1 Å². The molecule has 3 aromatic rings. The molecule has 134 valence electrons. The van der Waals surface area contributed by atoms with E-state index in [2.05, 4.69) is 20.5 Å². The Hall–Kier alpha value is -2.29. The van der Waals surface area contributed by atoms with Crippen molar-refractivity contribution in [2.75, 3.05) is 11.1 Å². The van der Waals surface area contributed by atoms with E-state index < -0.39 is 0 Å². The summed E-state index contributed by atoms with van der Waals surface area (Å²) in [6.07, 6.45) is 1.54. The van der Waals surface area contributed by atoms with Crippen molar-refractivity contribution in [2.24, 2.45) is 0 Å². The first-order chi connectivity index (χ1) is 12.6. The van der Waals surface area contributed by atoms with E-state index in [4.69, 9.17) is 32.4 Å². The lowest BCUT2D eigenvalue weighted by molar-refractivity contribution is -0.113. The van der Waals surface area contributed by atoms with Gasteiger partial charge in [0.05, 0.1) is 11.4 Å². The Morgan fingerprint density at radius 1 is 1.19 bits per heavy atom. The third-order valence-electron chi connectivity index (χ3n) is 2.98. The van der Waals surface area contributed by atoms with Crippen molar-refractivity contribution in [3.63, 3.8) is 0 Å². The lowest BCUT2D eigenvalue weighted by Gasteiger charge is -2.04. The number of nitrogens with zero attached hydrogens (tertiary/aromatic N) is 3. The molecule has 1 amide bonds. The van der Waals surface area contributed by atoms with Crippen molar-refractivity contribution in [2.45, 2.75) is 11.8 Å². The molecule has 2 heterocycles. The first-order valence-electron chi connectivity index (χ1n) is 7.34. The van der Waals surface area contributed by atoms with Gasteiger partial charge in [-0.25, -0.2) is 4.98 Å². The fourth-order valence-electron chi connectivity index (χ4n) is 1.82. The number of anilines is 1. The van der Waals surface area contributed by atoms with Gasteiger partial charge in [-0.2, -0.15) is 0 Å². The maximum absolute atomic E-state index is 11.9. The fraction of sp³-hybridized carbons (Fsp3) is 0.125. The molecular formula is C16H12Cl2N4O3S. The summed E-state index contributed by atoms with van der Waals surface area (Å²) < 4.78 is 10.9. The van der Waals surface area contributed by atoms with Gasteiger partial charge in [0.25, 0.3) is 11.1 Å². The van der Waals surface area contributed by atoms with E-state index in [0.29, 0.717) is 22.4 Å². The normalized spacial score (nSPS) is 10.5. The molecule has 0 saturated carbocycles. The van der Waals surface area contributed by atoms with E-state index in [1.807, 2.05) is 0 Å². The second-order valence-corrected chi connectivity index (χ2v) is 6.60. The average molecular weight is 411 g/mol. The largest absolute Gasteiger partial charge is 0.484 e. The number of carbonyl (C=O) groups is 1. The Kier molecular flexibility index (Phi) is 6.32. The number of thioether (sulfide) groups is 1. The summed E-state index contributed by atoms with van der Waals surface area (Å²) in [6, 6.07) is 10.3. The van der Waals surface area contributed by atoms with Crippen molar-refractivity contribution in [3.8, 4) is 5.75 Å². The predicted molar refractivity (Wildman–Crippen MR) is 98.7 cm³/mol. The van der Waals surface area contributed by atoms with E-state index in [0.717, 1.165) is 11.8 Å². The number of rotatable bonds is 7. The van der Waals surface area contributed by atoms with Gasteiger partial charge in [0.2, 0.25) is 5.91 Å². The fourth-order valence-corrected chi connectivity index (χ4v) is 2.70. The first-order valence-corrected chi connectivity index (χ1v) is 9.08. The summed E-state index contributed by atoms with van der Waals surface area (Å²) in [5.74, 6) is 0.764. The smallest absolute Gasteiger partial charge is 0.277 e. The van der Waals surface area contributed by atoms with Crippen LogP contribution >= 0.6 is 35.0 Å². The standard InChI is InChI=1S/C16H12Cl2N4O3S/c17-10-3-5-11(6-4-10)24-8-14-21-22-16(25-14)26-9-13(23)20-12-2-1-7-19-15(12)18/h1-7H,8-9H2,(H,20,23). The van der Waals surface area contributed by atoms with Crippen LogP contribution in [0.15, 0.2) is 52.2 Å². The summed E-state index contributed by atoms with van der Waals surface area (Å²) in [6.45, 7) is 0.118. The summed E-state index contributed by atoms with van der Waals surface area (Å²) in [5, 5.41) is 11.5. The zero-order chi connectivity index (χ0) is 18.4. The van der Waals surface area contributed by atoms with Crippen LogP contribution in [-0.4, -0.2) is 26.8 Å². The molecule has 1 aromatic carbocycles. The highest BCUT2D eigenvalue weighted by Gasteiger charge is 2.11. The summed E-state index contributed by atoms with van der Waals surface area (Å²) in [7, 11) is 0. The van der Waals surface area contributed by atoms with Crippen molar-refractivity contribution >= 4 is 46.6 Å². The number of hydrogen-bond donors (Lipinski definition) is 1. The number of amides is 1. The average Bonchev–Trinajstić information content (AvgIpc) is 3.09. The monoisotopic (exact) mass is 410 g/mol. The van der Waals surface area contributed by atoms with Gasteiger partial charge in [-0.1, -0.05) is 35.0 Å². The quantitative estimate of drug-likeness (QED) is 0.463. The van der Waals surface area contributed by atoms with Crippen LogP contribution in [0.2, 0.25) is 10.2 Å². The molecule has 0 saturated heterocycles. The van der Waals surface area contributed by atoms with E-state index in [9.17, 15) is 4.79 Å². The first kappa shape index (κ1) is 18.5. The summed E-state index contributed by atoms with van der Waals surface area (Å²) in [5.41, 5.74) is 0.447. The molecule has 0 aliphatic heterocycles. The van der Waals surface area contributed by atoms with Crippen molar-refractivity contribution in [1.29, 1.82) is 0 Å². The molecule has 26 heavy (non-hydrogen) atoms. The Morgan fingerprint density at radius 3 is 2.77 bits per heavy atom. The van der Waals surface area contributed by atoms with Crippen molar-refractivity contribution < 1.29 is 13.9 Å². The minimum atomic E-state index is -0.262. The van der Waals surface area contributed by atoms with Gasteiger partial charge in [0.1, 0.15) is 5.75 Å². The molecule has 0 spiro atoms. The van der Waals surface area contributed by atoms with Crippen LogP contribution in [-0.2, 0) is 11.4 Å². The molecule has 2 aromatic heterocycles. The van der Waals surface area contributed by atoms with Crippen LogP contribution in [0.25, 0.3) is 0 Å². The molecular weight excluding hydrogens is 399 g/mol. The van der Waals surface area contributed by atoms with Gasteiger partial charge >= 0.3 is 0 Å². The van der Waals surface area contributed by atoms with Crippen LogP contribution in [0.5, 0.6) is 5.75 Å². The molecule has 0 unspecified atom stereocenters. The van der Waals surface area contributed by atoms with Gasteiger partial charge in [-0.15, -0.1) is 10.2 Å². The molecule has 0 fully saturated rings. The summed E-state index contributed by atoms with van der Waals surface area (Å²) in [4.78, 5) is 15.8. The van der Waals surface area contributed by atoms with E-state index in [-0.39, 0.29) is 28.6 Å². The van der Waals surface area contributed by atoms with E-state index >= 15 is 0 Å². The van der Waals surface area contributed by atoms with E-state index in [1.165, 1.54) is 0 Å². The lowest BCUT2D eigenvalue weighted by Crippen LogP contribution is -2.14. The predicted octanol–water partition coefficient (Wildman–Crippen LogP) is 4.08. The minimum absolute atomic E-state index is 0.0882. The Labute approximate surface area is 163 Å². The maximum atomic E-state index is 11.9. The van der Waals surface area contributed by atoms with Gasteiger partial charge in [-0.3, -0.25) is 4.79 Å². The Morgan fingerprint density at radius 2 is 2.00 bits per heavy atom. The van der Waals surface area contributed by atoms with Crippen LogP contribution in [0.4, 0.5) is 5.69 Å². The molecule has 7 nitrogen and oxygen atoms in total. The van der Waals surface area contributed by atoms with Gasteiger partial charge < -0.3 is 14.5 Å². The van der Waals surface area contributed by atoms with Crippen LogP contribution in [0, 0.1) is 0 Å². The Balaban J connectivity index is 1.46. The maximum Gasteiger partial charge on any atom is 0.277 e. The van der Waals surface area contributed by atoms with Crippen LogP contribution < -0.4 is 10.1 Å². The number of halogens is 2. The highest BCUT2D eigenvalue weighted by molar-refractivity contribution is 7.99. The van der Waals surface area contributed by atoms with Gasteiger partial charge in [0, 0.05) is 11.2 Å². The molecule has 10 heteroatoms. The number of nitrogens with one attached hydrogen (secondary N) is 1. The van der Waals surface area contributed by atoms with Crippen molar-refractivity contribution in [1.82, 2.24) is 15.2 Å². The lowest BCUT2D eigenvalue weighted by atomic mass is 10.3. The molecule has 0 aliphatic carbocycles.